The smallest absolute Gasteiger partial charge is 0.150 e. The molecule has 0 aliphatic heterocycles. The minimum Gasteiger partial charge on any atom is -0.313 e. The Bertz CT molecular complexity index is 498. The molecular weight excluding hydrogens is 258 g/mol. The molecule has 3 unspecified atom stereocenters. The maximum Gasteiger partial charge on any atom is 0.150 e. The first kappa shape index (κ1) is 14.5. The molecule has 0 radical (unpaired) electrons. The van der Waals surface area contributed by atoms with Gasteiger partial charge in [-0.1, -0.05) is 36.8 Å². The molecule has 0 amide bonds. The van der Waals surface area contributed by atoms with E-state index in [1.165, 1.54) is 11.8 Å². The lowest BCUT2D eigenvalue weighted by molar-refractivity contribution is 0.282. The van der Waals surface area contributed by atoms with Gasteiger partial charge < -0.3 is 5.32 Å². The van der Waals surface area contributed by atoms with Crippen molar-refractivity contribution in [3.05, 3.63) is 35.9 Å². The van der Waals surface area contributed by atoms with Gasteiger partial charge in [-0.25, -0.2) is 8.42 Å². The molecule has 1 N–H and O–H groups in total. The first-order valence-electron chi connectivity index (χ1n) is 6.93. The van der Waals surface area contributed by atoms with Gasteiger partial charge in [-0.15, -0.1) is 0 Å². The van der Waals surface area contributed by atoms with E-state index < -0.39 is 9.84 Å². The molecule has 0 aromatic heterocycles. The van der Waals surface area contributed by atoms with Crippen LogP contribution < -0.4 is 5.32 Å². The second-order valence-electron chi connectivity index (χ2n) is 5.56. The van der Waals surface area contributed by atoms with Crippen molar-refractivity contribution in [1.82, 2.24) is 5.32 Å². The minimum atomic E-state index is -2.91. The lowest BCUT2D eigenvalue weighted by Crippen LogP contribution is -2.34. The maximum atomic E-state index is 11.8. The summed E-state index contributed by atoms with van der Waals surface area (Å²) in [5.74, 6) is 0.404. The molecule has 19 heavy (non-hydrogen) atoms. The van der Waals surface area contributed by atoms with Crippen molar-refractivity contribution in [3.63, 3.8) is 0 Å². The molecule has 1 fully saturated rings. The molecule has 1 aliphatic rings. The standard InChI is InChI=1S/C15H23NO2S/c1-16-15(12-7-4-3-5-8-12)13-9-6-10-14(11-13)19(2,17)18/h3-5,7-8,13-16H,6,9-11H2,1-2H3. The molecule has 0 saturated heterocycles. The summed E-state index contributed by atoms with van der Waals surface area (Å²) in [5, 5.41) is 3.20. The van der Waals surface area contributed by atoms with E-state index in [2.05, 4.69) is 17.4 Å². The first-order chi connectivity index (χ1) is 9.02. The third-order valence-electron chi connectivity index (χ3n) is 4.21. The molecule has 0 bridgehead atoms. The number of rotatable bonds is 4. The summed E-state index contributed by atoms with van der Waals surface area (Å²) in [6.07, 6.45) is 5.08. The summed E-state index contributed by atoms with van der Waals surface area (Å²) in [5.41, 5.74) is 1.25. The summed E-state index contributed by atoms with van der Waals surface area (Å²) < 4.78 is 23.5. The summed E-state index contributed by atoms with van der Waals surface area (Å²) >= 11 is 0. The average molecular weight is 281 g/mol. The van der Waals surface area contributed by atoms with Gasteiger partial charge in [-0.3, -0.25) is 0 Å². The molecule has 4 heteroatoms. The SMILES string of the molecule is CNC(c1ccccc1)C1CCCC(S(C)(=O)=O)C1. The molecule has 3 atom stereocenters. The second-order valence-corrected chi connectivity index (χ2v) is 7.88. The lowest BCUT2D eigenvalue weighted by Gasteiger charge is -2.34. The highest BCUT2D eigenvalue weighted by atomic mass is 32.2. The summed E-state index contributed by atoms with van der Waals surface area (Å²) in [4.78, 5) is 0. The Morgan fingerprint density at radius 1 is 1.21 bits per heavy atom. The summed E-state index contributed by atoms with van der Waals surface area (Å²) in [6.45, 7) is 0. The van der Waals surface area contributed by atoms with Crippen molar-refractivity contribution in [2.45, 2.75) is 37.0 Å². The van der Waals surface area contributed by atoms with Crippen molar-refractivity contribution < 1.29 is 8.42 Å². The van der Waals surface area contributed by atoms with Gasteiger partial charge >= 0.3 is 0 Å². The number of hydrogen-bond acceptors (Lipinski definition) is 3. The quantitative estimate of drug-likeness (QED) is 0.922. The third-order valence-corrected chi connectivity index (χ3v) is 5.85. The molecule has 1 saturated carbocycles. The van der Waals surface area contributed by atoms with Gasteiger partial charge in [0.2, 0.25) is 0 Å². The first-order valence-corrected chi connectivity index (χ1v) is 8.89. The van der Waals surface area contributed by atoms with E-state index in [4.69, 9.17) is 0 Å². The predicted molar refractivity (Wildman–Crippen MR) is 78.8 cm³/mol. The van der Waals surface area contributed by atoms with Gasteiger partial charge in [0.25, 0.3) is 0 Å². The molecule has 2 rings (SSSR count). The van der Waals surface area contributed by atoms with Gasteiger partial charge in [0, 0.05) is 12.3 Å². The van der Waals surface area contributed by atoms with Crippen LogP contribution in [0.4, 0.5) is 0 Å². The fourth-order valence-electron chi connectivity index (χ4n) is 3.21. The highest BCUT2D eigenvalue weighted by molar-refractivity contribution is 7.91. The molecule has 106 valence electrons. The van der Waals surface area contributed by atoms with Crippen LogP contribution in [-0.4, -0.2) is 27.0 Å². The normalized spacial score (nSPS) is 26.0. The topological polar surface area (TPSA) is 46.2 Å². The van der Waals surface area contributed by atoms with Crippen LogP contribution in [0.5, 0.6) is 0 Å². The Morgan fingerprint density at radius 2 is 1.89 bits per heavy atom. The minimum absolute atomic E-state index is 0.161. The molecule has 1 aromatic rings. The van der Waals surface area contributed by atoms with Crippen molar-refractivity contribution in [2.75, 3.05) is 13.3 Å². The Morgan fingerprint density at radius 3 is 2.47 bits per heavy atom. The largest absolute Gasteiger partial charge is 0.313 e. The van der Waals surface area contributed by atoms with E-state index in [0.29, 0.717) is 5.92 Å². The fraction of sp³-hybridized carbons (Fsp3) is 0.600. The van der Waals surface area contributed by atoms with E-state index in [0.717, 1.165) is 25.7 Å². The van der Waals surface area contributed by atoms with Crippen LogP contribution in [0.2, 0.25) is 0 Å². The van der Waals surface area contributed by atoms with Crippen molar-refractivity contribution in [2.24, 2.45) is 5.92 Å². The van der Waals surface area contributed by atoms with E-state index >= 15 is 0 Å². The molecular formula is C15H23NO2S. The van der Waals surface area contributed by atoms with E-state index in [1.54, 1.807) is 0 Å². The number of nitrogens with one attached hydrogen (secondary N) is 1. The van der Waals surface area contributed by atoms with Crippen molar-refractivity contribution >= 4 is 9.84 Å². The fourth-order valence-corrected chi connectivity index (χ4v) is 4.40. The van der Waals surface area contributed by atoms with Gasteiger partial charge in [-0.2, -0.15) is 0 Å². The van der Waals surface area contributed by atoms with Gasteiger partial charge in [-0.05, 0) is 37.8 Å². The van der Waals surface area contributed by atoms with Gasteiger partial charge in [0.1, 0.15) is 9.84 Å². The molecule has 0 spiro atoms. The third kappa shape index (κ3) is 3.57. The monoisotopic (exact) mass is 281 g/mol. The van der Waals surface area contributed by atoms with Crippen molar-refractivity contribution in [1.29, 1.82) is 0 Å². The van der Waals surface area contributed by atoms with E-state index in [1.807, 2.05) is 25.2 Å². The molecule has 0 heterocycles. The zero-order chi connectivity index (χ0) is 13.9. The number of benzene rings is 1. The molecule has 1 aromatic carbocycles. The van der Waals surface area contributed by atoms with Gasteiger partial charge in [0.05, 0.1) is 5.25 Å². The summed E-state index contributed by atoms with van der Waals surface area (Å²) in [6, 6.07) is 10.6. The van der Waals surface area contributed by atoms with E-state index in [9.17, 15) is 8.42 Å². The van der Waals surface area contributed by atoms with E-state index in [-0.39, 0.29) is 11.3 Å². The molecule has 3 nitrogen and oxygen atoms in total. The highest BCUT2D eigenvalue weighted by Crippen LogP contribution is 2.36. The zero-order valence-corrected chi connectivity index (χ0v) is 12.5. The zero-order valence-electron chi connectivity index (χ0n) is 11.7. The highest BCUT2D eigenvalue weighted by Gasteiger charge is 2.32. The van der Waals surface area contributed by atoms with Crippen LogP contribution in [0.1, 0.15) is 37.3 Å². The van der Waals surface area contributed by atoms with Crippen molar-refractivity contribution in [3.8, 4) is 0 Å². The lowest BCUT2D eigenvalue weighted by atomic mass is 9.81. The number of hydrogen-bond donors (Lipinski definition) is 1. The Labute approximate surface area is 116 Å². The Balaban J connectivity index is 2.15. The average Bonchev–Trinajstić information content (AvgIpc) is 2.40. The van der Waals surface area contributed by atoms with Gasteiger partial charge in [0.15, 0.2) is 0 Å². The van der Waals surface area contributed by atoms with Crippen LogP contribution in [0.3, 0.4) is 0 Å². The summed E-state index contributed by atoms with van der Waals surface area (Å²) in [7, 11) is -0.950. The molecule has 1 aliphatic carbocycles. The number of sulfone groups is 1. The van der Waals surface area contributed by atoms with Crippen LogP contribution in [0, 0.1) is 5.92 Å². The second kappa shape index (κ2) is 6.06. The van der Waals surface area contributed by atoms with Crippen LogP contribution in [0.25, 0.3) is 0 Å². The van der Waals surface area contributed by atoms with Crippen LogP contribution in [0.15, 0.2) is 30.3 Å². The van der Waals surface area contributed by atoms with Crippen LogP contribution >= 0.6 is 0 Å². The maximum absolute atomic E-state index is 11.8. The van der Waals surface area contributed by atoms with Crippen LogP contribution in [-0.2, 0) is 9.84 Å². The predicted octanol–water partition coefficient (Wildman–Crippen LogP) is 2.55. The Kier molecular flexibility index (Phi) is 4.63. The Hall–Kier alpha value is -0.870.